The number of carbonyl (C=O) groups is 1. The van der Waals surface area contributed by atoms with E-state index in [1.54, 1.807) is 65.6 Å². The molecule has 5 rings (SSSR count). The number of aromatic nitrogens is 2. The fourth-order valence-electron chi connectivity index (χ4n) is 4.75. The van der Waals surface area contributed by atoms with Crippen LogP contribution in [0, 0.1) is 10.1 Å². The van der Waals surface area contributed by atoms with Gasteiger partial charge in [-0.05, 0) is 55.0 Å². The zero-order valence-electron chi connectivity index (χ0n) is 21.9. The van der Waals surface area contributed by atoms with E-state index < -0.39 is 16.9 Å². The standard InChI is InChI=1S/C30H26N4O6/c1-3-25(32(19-22-9-8-18-40-22)29(35)20-14-16-21(17-15-20)34(37)38)28-31-24-11-5-4-10-23(24)30(36)33(28)26-12-6-7-13-27(26)39-2/h4-18,25H,3,19H2,1-2H3. The van der Waals surface area contributed by atoms with E-state index in [0.29, 0.717) is 40.3 Å². The molecule has 1 amide bonds. The highest BCUT2D eigenvalue weighted by molar-refractivity contribution is 5.94. The number of benzene rings is 3. The van der Waals surface area contributed by atoms with E-state index >= 15 is 0 Å². The molecule has 0 saturated heterocycles. The summed E-state index contributed by atoms with van der Waals surface area (Å²) in [4.78, 5) is 45.2. The maximum Gasteiger partial charge on any atom is 0.269 e. The van der Waals surface area contributed by atoms with Gasteiger partial charge in [-0.2, -0.15) is 0 Å². The summed E-state index contributed by atoms with van der Waals surface area (Å²) < 4.78 is 12.7. The summed E-state index contributed by atoms with van der Waals surface area (Å²) in [5.41, 5.74) is 0.810. The molecule has 10 nitrogen and oxygen atoms in total. The number of nitro groups is 1. The maximum absolute atomic E-state index is 14.0. The van der Waals surface area contributed by atoms with Gasteiger partial charge in [0.05, 0.1) is 47.5 Å². The van der Waals surface area contributed by atoms with Crippen LogP contribution in [0.3, 0.4) is 0 Å². The monoisotopic (exact) mass is 538 g/mol. The summed E-state index contributed by atoms with van der Waals surface area (Å²) in [7, 11) is 1.52. The van der Waals surface area contributed by atoms with Crippen molar-refractivity contribution in [2.24, 2.45) is 0 Å². The normalized spacial score (nSPS) is 11.8. The molecule has 2 heterocycles. The summed E-state index contributed by atoms with van der Waals surface area (Å²) in [5, 5.41) is 11.6. The molecular weight excluding hydrogens is 512 g/mol. The van der Waals surface area contributed by atoms with Crippen molar-refractivity contribution in [2.45, 2.75) is 25.9 Å². The van der Waals surface area contributed by atoms with Crippen molar-refractivity contribution >= 4 is 22.5 Å². The lowest BCUT2D eigenvalue weighted by atomic mass is 10.1. The highest BCUT2D eigenvalue weighted by Gasteiger charge is 2.31. The average molecular weight is 539 g/mol. The minimum Gasteiger partial charge on any atom is -0.495 e. The van der Waals surface area contributed by atoms with Crippen molar-refractivity contribution < 1.29 is 18.9 Å². The number of methoxy groups -OCH3 is 1. The average Bonchev–Trinajstić information content (AvgIpc) is 3.50. The molecule has 40 heavy (non-hydrogen) atoms. The van der Waals surface area contributed by atoms with Gasteiger partial charge in [0.15, 0.2) is 0 Å². The van der Waals surface area contributed by atoms with Crippen molar-refractivity contribution in [3.63, 3.8) is 0 Å². The van der Waals surface area contributed by atoms with E-state index in [1.165, 1.54) is 42.2 Å². The number of hydrogen-bond donors (Lipinski definition) is 0. The number of carbonyl (C=O) groups excluding carboxylic acids is 1. The highest BCUT2D eigenvalue weighted by Crippen LogP contribution is 2.31. The number of amides is 1. The summed E-state index contributed by atoms with van der Waals surface area (Å²) in [6.07, 6.45) is 1.92. The van der Waals surface area contributed by atoms with Crippen molar-refractivity contribution in [2.75, 3.05) is 7.11 Å². The number of nitro benzene ring substituents is 1. The van der Waals surface area contributed by atoms with Crippen LogP contribution in [0.2, 0.25) is 0 Å². The van der Waals surface area contributed by atoms with Gasteiger partial charge in [-0.15, -0.1) is 0 Å². The summed E-state index contributed by atoms with van der Waals surface area (Å²) in [5.74, 6) is 0.947. The fourth-order valence-corrected chi connectivity index (χ4v) is 4.75. The predicted octanol–water partition coefficient (Wildman–Crippen LogP) is 5.69. The largest absolute Gasteiger partial charge is 0.495 e. The summed E-state index contributed by atoms with van der Waals surface area (Å²) >= 11 is 0. The minimum absolute atomic E-state index is 0.0793. The topological polar surface area (TPSA) is 121 Å². The van der Waals surface area contributed by atoms with Crippen LogP contribution in [0.1, 0.15) is 41.3 Å². The van der Waals surface area contributed by atoms with E-state index in [2.05, 4.69) is 0 Å². The minimum atomic E-state index is -0.685. The highest BCUT2D eigenvalue weighted by atomic mass is 16.6. The molecule has 0 N–H and O–H groups in total. The van der Waals surface area contributed by atoms with Crippen LogP contribution in [0.4, 0.5) is 5.69 Å². The van der Waals surface area contributed by atoms with Gasteiger partial charge in [-0.3, -0.25) is 24.3 Å². The van der Waals surface area contributed by atoms with Gasteiger partial charge >= 0.3 is 0 Å². The quantitative estimate of drug-likeness (QED) is 0.175. The molecule has 0 bridgehead atoms. The molecule has 0 spiro atoms. The van der Waals surface area contributed by atoms with Crippen LogP contribution in [-0.2, 0) is 6.54 Å². The Morgan fingerprint density at radius 2 is 1.77 bits per heavy atom. The second kappa shape index (κ2) is 11.2. The molecular formula is C30H26N4O6. The lowest BCUT2D eigenvalue weighted by Gasteiger charge is -2.32. The first-order valence-electron chi connectivity index (χ1n) is 12.7. The molecule has 0 saturated carbocycles. The smallest absolute Gasteiger partial charge is 0.269 e. The number of nitrogens with zero attached hydrogens (tertiary/aromatic N) is 4. The number of rotatable bonds is 9. The third kappa shape index (κ3) is 4.94. The zero-order chi connectivity index (χ0) is 28.2. The lowest BCUT2D eigenvalue weighted by Crippen LogP contribution is -2.38. The van der Waals surface area contributed by atoms with E-state index in [9.17, 15) is 19.7 Å². The molecule has 5 aromatic rings. The van der Waals surface area contributed by atoms with Gasteiger partial charge in [-0.25, -0.2) is 4.98 Å². The Morgan fingerprint density at radius 1 is 1.05 bits per heavy atom. The van der Waals surface area contributed by atoms with Gasteiger partial charge in [-0.1, -0.05) is 31.2 Å². The summed E-state index contributed by atoms with van der Waals surface area (Å²) in [6, 6.07) is 22.4. The van der Waals surface area contributed by atoms with Gasteiger partial charge in [0.2, 0.25) is 0 Å². The van der Waals surface area contributed by atoms with Crippen LogP contribution < -0.4 is 10.3 Å². The molecule has 3 aromatic carbocycles. The molecule has 0 aliphatic heterocycles. The molecule has 1 atom stereocenters. The van der Waals surface area contributed by atoms with E-state index in [1.807, 2.05) is 6.92 Å². The van der Waals surface area contributed by atoms with E-state index in [-0.39, 0.29) is 23.4 Å². The molecule has 0 fully saturated rings. The lowest BCUT2D eigenvalue weighted by molar-refractivity contribution is -0.384. The van der Waals surface area contributed by atoms with Gasteiger partial charge in [0.25, 0.3) is 17.2 Å². The summed E-state index contributed by atoms with van der Waals surface area (Å²) in [6.45, 7) is 1.98. The number of ether oxygens (including phenoxy) is 1. The molecule has 10 heteroatoms. The SMILES string of the molecule is CCC(c1nc2ccccc2c(=O)n1-c1ccccc1OC)N(Cc1ccco1)C(=O)c1ccc([N+](=O)[O-])cc1. The first kappa shape index (κ1) is 26.4. The van der Waals surface area contributed by atoms with Crippen molar-refractivity contribution in [1.29, 1.82) is 0 Å². The molecule has 202 valence electrons. The number of para-hydroxylation sites is 3. The van der Waals surface area contributed by atoms with Crippen molar-refractivity contribution in [3.05, 3.63) is 129 Å². The maximum atomic E-state index is 14.0. The Hall–Kier alpha value is -5.25. The predicted molar refractivity (Wildman–Crippen MR) is 149 cm³/mol. The number of hydrogen-bond acceptors (Lipinski definition) is 7. The Morgan fingerprint density at radius 3 is 2.45 bits per heavy atom. The zero-order valence-corrected chi connectivity index (χ0v) is 21.9. The number of non-ortho nitro benzene ring substituents is 1. The van der Waals surface area contributed by atoms with Gasteiger partial charge in [0.1, 0.15) is 17.3 Å². The van der Waals surface area contributed by atoms with Gasteiger partial charge < -0.3 is 14.1 Å². The Bertz CT molecular complexity index is 1730. The first-order valence-corrected chi connectivity index (χ1v) is 12.7. The number of fused-ring (bicyclic) bond motifs is 1. The molecule has 0 radical (unpaired) electrons. The first-order chi connectivity index (χ1) is 19.4. The van der Waals surface area contributed by atoms with Crippen LogP contribution in [-0.4, -0.2) is 32.4 Å². The Kier molecular flexibility index (Phi) is 7.41. The van der Waals surface area contributed by atoms with Crippen LogP contribution in [0.15, 0.2) is 100 Å². The molecule has 0 aliphatic carbocycles. The van der Waals surface area contributed by atoms with Gasteiger partial charge in [0, 0.05) is 17.7 Å². The molecule has 0 aliphatic rings. The molecule has 1 unspecified atom stereocenters. The Balaban J connectivity index is 1.73. The third-order valence-electron chi connectivity index (χ3n) is 6.68. The number of furan rings is 1. The van der Waals surface area contributed by atoms with E-state index in [4.69, 9.17) is 14.1 Å². The fraction of sp³-hybridized carbons (Fsp3) is 0.167. The third-order valence-corrected chi connectivity index (χ3v) is 6.68. The second-order valence-electron chi connectivity index (χ2n) is 9.04. The van der Waals surface area contributed by atoms with Crippen LogP contribution in [0.5, 0.6) is 5.75 Å². The Labute approximate surface area is 229 Å². The van der Waals surface area contributed by atoms with Crippen LogP contribution in [0.25, 0.3) is 16.6 Å². The second-order valence-corrected chi connectivity index (χ2v) is 9.04. The van der Waals surface area contributed by atoms with Crippen LogP contribution >= 0.6 is 0 Å². The van der Waals surface area contributed by atoms with Crippen molar-refractivity contribution in [3.8, 4) is 11.4 Å². The molecule has 2 aromatic heterocycles. The van der Waals surface area contributed by atoms with E-state index in [0.717, 1.165) is 0 Å². The van der Waals surface area contributed by atoms with Crippen molar-refractivity contribution in [1.82, 2.24) is 14.5 Å².